The third kappa shape index (κ3) is 3.81. The first kappa shape index (κ1) is 15.4. The van der Waals surface area contributed by atoms with Crippen molar-refractivity contribution < 1.29 is 4.79 Å². The molecule has 2 N–H and O–H groups in total. The van der Waals surface area contributed by atoms with E-state index in [-0.39, 0.29) is 5.91 Å². The Balaban J connectivity index is 1.58. The van der Waals surface area contributed by atoms with Crippen LogP contribution in [0.5, 0.6) is 0 Å². The lowest BCUT2D eigenvalue weighted by molar-refractivity contribution is -0.115. The lowest BCUT2D eigenvalue weighted by Gasteiger charge is -2.03. The minimum Gasteiger partial charge on any atom is -0.354 e. The first-order chi connectivity index (χ1) is 11.1. The molecule has 2 heterocycles. The number of hydrogen-bond donors (Lipinski definition) is 2. The smallest absolute Gasteiger partial charge is 0.227 e. The van der Waals surface area contributed by atoms with Gasteiger partial charge in [-0.2, -0.15) is 0 Å². The maximum Gasteiger partial charge on any atom is 0.227 e. The van der Waals surface area contributed by atoms with Gasteiger partial charge in [0.2, 0.25) is 11.9 Å². The van der Waals surface area contributed by atoms with Gasteiger partial charge in [-0.3, -0.25) is 4.79 Å². The van der Waals surface area contributed by atoms with E-state index >= 15 is 0 Å². The van der Waals surface area contributed by atoms with Crippen molar-refractivity contribution in [1.29, 1.82) is 0 Å². The number of nitrogens with zero attached hydrogens (tertiary/aromatic N) is 3. The van der Waals surface area contributed by atoms with E-state index in [0.717, 1.165) is 15.8 Å². The molecule has 1 amide bonds. The number of benzene rings is 1. The fourth-order valence-corrected chi connectivity index (χ4v) is 3.34. The highest BCUT2D eigenvalue weighted by Crippen LogP contribution is 2.29. The number of anilines is 2. The Morgan fingerprint density at radius 2 is 2.00 bits per heavy atom. The first-order valence-electron chi connectivity index (χ1n) is 7.30. The van der Waals surface area contributed by atoms with Gasteiger partial charge in [0.25, 0.3) is 0 Å². The molecule has 0 bridgehead atoms. The summed E-state index contributed by atoms with van der Waals surface area (Å²) >= 11 is 1.50. The van der Waals surface area contributed by atoms with Crippen LogP contribution in [-0.4, -0.2) is 27.4 Å². The van der Waals surface area contributed by atoms with Gasteiger partial charge in [0.15, 0.2) is 5.13 Å². The molecule has 0 saturated heterocycles. The molecule has 3 rings (SSSR count). The summed E-state index contributed by atoms with van der Waals surface area (Å²) in [6.07, 6.45) is 3.63. The number of carbonyl (C=O) groups is 1. The van der Waals surface area contributed by atoms with Gasteiger partial charge in [-0.1, -0.05) is 17.4 Å². The second-order valence-electron chi connectivity index (χ2n) is 5.24. The number of fused-ring (bicyclic) bond motifs is 1. The molecule has 0 saturated carbocycles. The van der Waals surface area contributed by atoms with Crippen molar-refractivity contribution in [3.63, 3.8) is 0 Å². The zero-order chi connectivity index (χ0) is 16.2. The van der Waals surface area contributed by atoms with Crippen LogP contribution in [0.3, 0.4) is 0 Å². The van der Waals surface area contributed by atoms with Crippen LogP contribution in [0, 0.1) is 13.8 Å². The predicted octanol–water partition coefficient (Wildman–Crippen LogP) is 3.14. The summed E-state index contributed by atoms with van der Waals surface area (Å²) in [5.74, 6) is 0.438. The number of rotatable bonds is 5. The Morgan fingerprint density at radius 1 is 1.22 bits per heavy atom. The third-order valence-electron chi connectivity index (χ3n) is 3.28. The second-order valence-corrected chi connectivity index (χ2v) is 6.28. The molecule has 7 heteroatoms. The van der Waals surface area contributed by atoms with Gasteiger partial charge in [-0.25, -0.2) is 15.0 Å². The molecule has 1 aromatic carbocycles. The van der Waals surface area contributed by atoms with Gasteiger partial charge in [0, 0.05) is 25.4 Å². The van der Waals surface area contributed by atoms with Crippen molar-refractivity contribution in [2.75, 3.05) is 17.2 Å². The molecule has 2 aromatic heterocycles. The monoisotopic (exact) mass is 327 g/mol. The average Bonchev–Trinajstić information content (AvgIpc) is 2.91. The molecular formula is C16H17N5OS. The first-order valence-corrected chi connectivity index (χ1v) is 8.12. The van der Waals surface area contributed by atoms with E-state index in [0.29, 0.717) is 24.0 Å². The molecule has 0 atom stereocenters. The van der Waals surface area contributed by atoms with E-state index in [1.165, 1.54) is 16.9 Å². The van der Waals surface area contributed by atoms with Crippen LogP contribution in [0.25, 0.3) is 10.2 Å². The highest BCUT2D eigenvalue weighted by atomic mass is 32.1. The number of aromatic nitrogens is 3. The lowest BCUT2D eigenvalue weighted by atomic mass is 10.1. The van der Waals surface area contributed by atoms with Crippen LogP contribution in [0.1, 0.15) is 17.5 Å². The van der Waals surface area contributed by atoms with Crippen LogP contribution in [-0.2, 0) is 4.79 Å². The van der Waals surface area contributed by atoms with Gasteiger partial charge in [0.1, 0.15) is 0 Å². The molecule has 0 unspecified atom stereocenters. The number of hydrogen-bond acceptors (Lipinski definition) is 6. The van der Waals surface area contributed by atoms with Crippen LogP contribution >= 0.6 is 11.3 Å². The summed E-state index contributed by atoms with van der Waals surface area (Å²) in [7, 11) is 0. The normalized spacial score (nSPS) is 10.7. The molecule has 23 heavy (non-hydrogen) atoms. The van der Waals surface area contributed by atoms with Crippen LogP contribution in [0.2, 0.25) is 0 Å². The molecule has 0 spiro atoms. The lowest BCUT2D eigenvalue weighted by Crippen LogP contribution is -2.16. The maximum atomic E-state index is 12.0. The van der Waals surface area contributed by atoms with Crippen LogP contribution in [0.4, 0.5) is 11.1 Å². The highest BCUT2D eigenvalue weighted by Gasteiger charge is 2.10. The molecule has 0 aliphatic rings. The van der Waals surface area contributed by atoms with Gasteiger partial charge in [0.05, 0.1) is 10.2 Å². The van der Waals surface area contributed by atoms with E-state index in [2.05, 4.69) is 44.6 Å². The van der Waals surface area contributed by atoms with E-state index < -0.39 is 0 Å². The van der Waals surface area contributed by atoms with Crippen molar-refractivity contribution in [3.8, 4) is 0 Å². The molecule has 3 aromatic rings. The minimum absolute atomic E-state index is 0.0816. The quantitative estimate of drug-likeness (QED) is 0.752. The molecule has 0 aliphatic carbocycles. The Hall–Kier alpha value is -2.54. The third-order valence-corrected chi connectivity index (χ3v) is 4.19. The maximum absolute atomic E-state index is 12.0. The number of aryl methyl sites for hydroxylation is 2. The Morgan fingerprint density at radius 3 is 2.78 bits per heavy atom. The Bertz CT molecular complexity index is 831. The number of nitrogens with one attached hydrogen (secondary N) is 2. The summed E-state index contributed by atoms with van der Waals surface area (Å²) in [4.78, 5) is 24.6. The summed E-state index contributed by atoms with van der Waals surface area (Å²) in [5, 5.41) is 6.49. The fraction of sp³-hybridized carbons (Fsp3) is 0.250. The molecule has 0 radical (unpaired) electrons. The summed E-state index contributed by atoms with van der Waals surface area (Å²) in [6.45, 7) is 4.56. The largest absolute Gasteiger partial charge is 0.354 e. The number of amides is 1. The Kier molecular flexibility index (Phi) is 4.47. The summed E-state index contributed by atoms with van der Waals surface area (Å²) < 4.78 is 1.09. The van der Waals surface area contributed by atoms with E-state index in [1.54, 1.807) is 18.5 Å². The average molecular weight is 327 g/mol. The number of thiazole rings is 1. The van der Waals surface area contributed by atoms with Crippen molar-refractivity contribution in [2.45, 2.75) is 20.3 Å². The highest BCUT2D eigenvalue weighted by molar-refractivity contribution is 7.22. The zero-order valence-electron chi connectivity index (χ0n) is 13.0. The van der Waals surface area contributed by atoms with E-state index in [9.17, 15) is 4.79 Å². The van der Waals surface area contributed by atoms with Crippen LogP contribution in [0.15, 0.2) is 30.6 Å². The van der Waals surface area contributed by atoms with Crippen molar-refractivity contribution in [2.24, 2.45) is 0 Å². The van der Waals surface area contributed by atoms with Crippen molar-refractivity contribution in [1.82, 2.24) is 15.0 Å². The Labute approximate surface area is 138 Å². The predicted molar refractivity (Wildman–Crippen MR) is 92.9 cm³/mol. The van der Waals surface area contributed by atoms with Gasteiger partial charge < -0.3 is 10.6 Å². The summed E-state index contributed by atoms with van der Waals surface area (Å²) in [6, 6.07) is 5.93. The van der Waals surface area contributed by atoms with Gasteiger partial charge in [-0.05, 0) is 37.1 Å². The second kappa shape index (κ2) is 6.70. The fourth-order valence-electron chi connectivity index (χ4n) is 2.28. The molecule has 0 fully saturated rings. The summed E-state index contributed by atoms with van der Waals surface area (Å²) in [5.41, 5.74) is 3.27. The molecule has 118 valence electrons. The van der Waals surface area contributed by atoms with E-state index in [4.69, 9.17) is 0 Å². The van der Waals surface area contributed by atoms with E-state index in [1.807, 2.05) is 6.92 Å². The minimum atomic E-state index is -0.0816. The SMILES string of the molecule is Cc1cc(C)c2nc(NC(=O)CCNc3ncccn3)sc2c1. The van der Waals surface area contributed by atoms with Crippen molar-refractivity contribution in [3.05, 3.63) is 41.7 Å². The molecular weight excluding hydrogens is 310 g/mol. The zero-order valence-corrected chi connectivity index (χ0v) is 13.8. The number of carbonyl (C=O) groups excluding carboxylic acids is 1. The van der Waals surface area contributed by atoms with Gasteiger partial charge >= 0.3 is 0 Å². The van der Waals surface area contributed by atoms with Crippen molar-refractivity contribution >= 4 is 38.5 Å². The standard InChI is InChI=1S/C16H17N5OS/c1-10-8-11(2)14-12(9-10)23-16(21-14)20-13(22)4-7-19-15-17-5-3-6-18-15/h3,5-6,8-9H,4,7H2,1-2H3,(H,17,18,19)(H,20,21,22). The molecule has 6 nitrogen and oxygen atoms in total. The molecule has 0 aliphatic heterocycles. The van der Waals surface area contributed by atoms with Gasteiger partial charge in [-0.15, -0.1) is 0 Å². The van der Waals surface area contributed by atoms with Crippen LogP contribution < -0.4 is 10.6 Å². The topological polar surface area (TPSA) is 79.8 Å².